The number of pyridine rings is 1. The van der Waals surface area contributed by atoms with Gasteiger partial charge < -0.3 is 5.73 Å². The van der Waals surface area contributed by atoms with Crippen molar-refractivity contribution in [2.75, 3.05) is 5.73 Å². The molecule has 2 aromatic rings. The first-order valence-corrected chi connectivity index (χ1v) is 5.45. The van der Waals surface area contributed by atoms with E-state index in [-0.39, 0.29) is 0 Å². The van der Waals surface area contributed by atoms with Gasteiger partial charge in [0.05, 0.1) is 5.69 Å². The van der Waals surface area contributed by atoms with Crippen LogP contribution in [0, 0.1) is 6.92 Å². The lowest BCUT2D eigenvalue weighted by atomic mass is 10.2. The van der Waals surface area contributed by atoms with E-state index in [1.165, 1.54) is 12.0 Å². The number of nitrogen functional groups attached to an aromatic ring is 1. The molecule has 3 heteroatoms. The van der Waals surface area contributed by atoms with Crippen LogP contribution in [-0.2, 0) is 6.42 Å². The third-order valence-corrected chi connectivity index (χ3v) is 2.66. The number of unbranched alkanes of at least 4 members (excludes halogenated alkanes) is 1. The minimum absolute atomic E-state index is 0.790. The fourth-order valence-electron chi connectivity index (χ4n) is 1.74. The molecule has 0 atom stereocenters. The van der Waals surface area contributed by atoms with Gasteiger partial charge in [-0.3, -0.25) is 4.40 Å². The summed E-state index contributed by atoms with van der Waals surface area (Å²) >= 11 is 0. The molecule has 0 fully saturated rings. The van der Waals surface area contributed by atoms with E-state index in [2.05, 4.69) is 31.0 Å². The Morgan fingerprint density at radius 3 is 3.00 bits per heavy atom. The zero-order valence-electron chi connectivity index (χ0n) is 9.33. The van der Waals surface area contributed by atoms with E-state index in [0.29, 0.717) is 0 Å². The van der Waals surface area contributed by atoms with Crippen molar-refractivity contribution in [1.82, 2.24) is 9.38 Å². The summed E-state index contributed by atoms with van der Waals surface area (Å²) in [6, 6.07) is 4.11. The van der Waals surface area contributed by atoms with Crippen molar-refractivity contribution in [3.63, 3.8) is 0 Å². The Morgan fingerprint density at radius 2 is 2.27 bits per heavy atom. The molecule has 0 aromatic carbocycles. The Hall–Kier alpha value is -1.51. The zero-order chi connectivity index (χ0) is 10.8. The lowest BCUT2D eigenvalue weighted by Gasteiger charge is -1.98. The van der Waals surface area contributed by atoms with Gasteiger partial charge in [-0.1, -0.05) is 13.3 Å². The van der Waals surface area contributed by atoms with E-state index < -0.39 is 0 Å². The molecule has 2 N–H and O–H groups in total. The standard InChI is InChI=1S/C12H17N3/c1-3-4-5-10-12(13)15-7-6-9(2)8-11(15)14-10/h6-8H,3-5,13H2,1-2H3. The summed E-state index contributed by atoms with van der Waals surface area (Å²) in [5.74, 6) is 0.790. The van der Waals surface area contributed by atoms with Gasteiger partial charge in [-0.15, -0.1) is 0 Å². The van der Waals surface area contributed by atoms with E-state index in [4.69, 9.17) is 5.73 Å². The third-order valence-electron chi connectivity index (χ3n) is 2.66. The molecule has 0 bridgehead atoms. The molecule has 2 heterocycles. The molecule has 2 rings (SSSR count). The first kappa shape index (κ1) is 10.0. The number of aryl methyl sites for hydroxylation is 2. The second kappa shape index (κ2) is 3.93. The number of nitrogens with zero attached hydrogens (tertiary/aromatic N) is 2. The number of nitrogens with two attached hydrogens (primary N) is 1. The molecule has 0 aliphatic carbocycles. The highest BCUT2D eigenvalue weighted by molar-refractivity contribution is 5.53. The van der Waals surface area contributed by atoms with Crippen LogP contribution in [0.5, 0.6) is 0 Å². The molecule has 0 spiro atoms. The van der Waals surface area contributed by atoms with Crippen molar-refractivity contribution in [2.24, 2.45) is 0 Å². The van der Waals surface area contributed by atoms with Gasteiger partial charge in [0.2, 0.25) is 0 Å². The van der Waals surface area contributed by atoms with Crippen LogP contribution in [0.4, 0.5) is 5.82 Å². The maximum Gasteiger partial charge on any atom is 0.138 e. The van der Waals surface area contributed by atoms with Crippen molar-refractivity contribution < 1.29 is 0 Å². The summed E-state index contributed by atoms with van der Waals surface area (Å²) in [6.07, 6.45) is 5.28. The lowest BCUT2D eigenvalue weighted by molar-refractivity contribution is 0.783. The Bertz CT molecular complexity index is 471. The number of aromatic nitrogens is 2. The summed E-state index contributed by atoms with van der Waals surface area (Å²) in [6.45, 7) is 4.24. The van der Waals surface area contributed by atoms with Gasteiger partial charge >= 0.3 is 0 Å². The molecular formula is C12H17N3. The molecule has 80 valence electrons. The van der Waals surface area contributed by atoms with Gasteiger partial charge in [-0.2, -0.15) is 0 Å². The lowest BCUT2D eigenvalue weighted by Crippen LogP contribution is -1.96. The topological polar surface area (TPSA) is 43.3 Å². The molecular weight excluding hydrogens is 186 g/mol. The molecule has 0 aliphatic rings. The first-order chi connectivity index (χ1) is 7.22. The van der Waals surface area contributed by atoms with Crippen molar-refractivity contribution in [1.29, 1.82) is 0 Å². The normalized spacial score (nSPS) is 11.1. The van der Waals surface area contributed by atoms with E-state index in [0.717, 1.165) is 30.0 Å². The van der Waals surface area contributed by atoms with Crippen LogP contribution in [0.1, 0.15) is 31.0 Å². The predicted octanol–water partition coefficient (Wildman–Crippen LogP) is 2.57. The second-order valence-electron chi connectivity index (χ2n) is 3.98. The van der Waals surface area contributed by atoms with Gasteiger partial charge in [-0.05, 0) is 37.5 Å². The number of imidazole rings is 1. The Labute approximate surface area is 89.9 Å². The van der Waals surface area contributed by atoms with E-state index in [9.17, 15) is 0 Å². The van der Waals surface area contributed by atoms with E-state index in [1.54, 1.807) is 0 Å². The van der Waals surface area contributed by atoms with Crippen molar-refractivity contribution in [3.05, 3.63) is 29.6 Å². The Balaban J connectivity index is 2.44. The fourth-order valence-corrected chi connectivity index (χ4v) is 1.74. The smallest absolute Gasteiger partial charge is 0.138 e. The van der Waals surface area contributed by atoms with Crippen molar-refractivity contribution in [2.45, 2.75) is 33.1 Å². The van der Waals surface area contributed by atoms with Crippen LogP contribution in [0.25, 0.3) is 5.65 Å². The largest absolute Gasteiger partial charge is 0.383 e. The van der Waals surface area contributed by atoms with Gasteiger partial charge in [0.25, 0.3) is 0 Å². The maximum absolute atomic E-state index is 6.03. The minimum Gasteiger partial charge on any atom is -0.383 e. The molecule has 2 aromatic heterocycles. The molecule has 0 saturated carbocycles. The zero-order valence-corrected chi connectivity index (χ0v) is 9.33. The third kappa shape index (κ3) is 1.82. The highest BCUT2D eigenvalue weighted by Gasteiger charge is 2.07. The average Bonchev–Trinajstić information content (AvgIpc) is 2.52. The van der Waals surface area contributed by atoms with Crippen LogP contribution in [0.2, 0.25) is 0 Å². The van der Waals surface area contributed by atoms with Crippen LogP contribution >= 0.6 is 0 Å². The summed E-state index contributed by atoms with van der Waals surface area (Å²) in [7, 11) is 0. The first-order valence-electron chi connectivity index (χ1n) is 5.45. The maximum atomic E-state index is 6.03. The molecule has 0 saturated heterocycles. The average molecular weight is 203 g/mol. The van der Waals surface area contributed by atoms with Crippen molar-refractivity contribution >= 4 is 11.5 Å². The van der Waals surface area contributed by atoms with Gasteiger partial charge in [0, 0.05) is 6.20 Å². The van der Waals surface area contributed by atoms with E-state index in [1.807, 2.05) is 10.6 Å². The number of hydrogen-bond acceptors (Lipinski definition) is 2. The molecule has 3 nitrogen and oxygen atoms in total. The monoisotopic (exact) mass is 203 g/mol. The summed E-state index contributed by atoms with van der Waals surface area (Å²) in [4.78, 5) is 4.55. The highest BCUT2D eigenvalue weighted by atomic mass is 15.1. The van der Waals surface area contributed by atoms with Crippen LogP contribution in [0.3, 0.4) is 0 Å². The number of fused-ring (bicyclic) bond motifs is 1. The van der Waals surface area contributed by atoms with Gasteiger partial charge in [0.15, 0.2) is 0 Å². The molecule has 0 aliphatic heterocycles. The van der Waals surface area contributed by atoms with Gasteiger partial charge in [-0.25, -0.2) is 4.98 Å². The number of anilines is 1. The predicted molar refractivity (Wildman–Crippen MR) is 63.0 cm³/mol. The Kier molecular flexibility index (Phi) is 2.62. The van der Waals surface area contributed by atoms with Crippen LogP contribution < -0.4 is 5.73 Å². The van der Waals surface area contributed by atoms with Crippen molar-refractivity contribution in [3.8, 4) is 0 Å². The molecule has 0 amide bonds. The quantitative estimate of drug-likeness (QED) is 0.833. The molecule has 0 radical (unpaired) electrons. The minimum atomic E-state index is 0.790. The summed E-state index contributed by atoms with van der Waals surface area (Å²) in [5, 5.41) is 0. The van der Waals surface area contributed by atoms with Gasteiger partial charge in [0.1, 0.15) is 11.5 Å². The summed E-state index contributed by atoms with van der Waals surface area (Å²) in [5.41, 5.74) is 9.23. The van der Waals surface area contributed by atoms with Crippen LogP contribution in [0.15, 0.2) is 18.3 Å². The fraction of sp³-hybridized carbons (Fsp3) is 0.417. The Morgan fingerprint density at radius 1 is 1.47 bits per heavy atom. The molecule has 0 unspecified atom stereocenters. The highest BCUT2D eigenvalue weighted by Crippen LogP contribution is 2.17. The summed E-state index contributed by atoms with van der Waals surface area (Å²) < 4.78 is 1.96. The molecule has 15 heavy (non-hydrogen) atoms. The van der Waals surface area contributed by atoms with Crippen LogP contribution in [-0.4, -0.2) is 9.38 Å². The second-order valence-corrected chi connectivity index (χ2v) is 3.98. The number of rotatable bonds is 3. The van der Waals surface area contributed by atoms with E-state index >= 15 is 0 Å². The SMILES string of the molecule is CCCCc1nc2cc(C)ccn2c1N. The number of hydrogen-bond donors (Lipinski definition) is 1.